The summed E-state index contributed by atoms with van der Waals surface area (Å²) in [6.07, 6.45) is 6.91. The van der Waals surface area contributed by atoms with E-state index in [1.54, 1.807) is 28.9 Å². The van der Waals surface area contributed by atoms with Crippen LogP contribution in [0, 0.1) is 11.3 Å². The van der Waals surface area contributed by atoms with Crippen molar-refractivity contribution in [3.63, 3.8) is 0 Å². The smallest absolute Gasteiger partial charge is 0.198 e. The zero-order valence-corrected chi connectivity index (χ0v) is 19.6. The first kappa shape index (κ1) is 23.1. The maximum absolute atomic E-state index is 8.96. The van der Waals surface area contributed by atoms with Crippen LogP contribution in [0.4, 0.5) is 11.6 Å². The maximum Gasteiger partial charge on any atom is 0.198 e. The first-order valence-corrected chi connectivity index (χ1v) is 10.9. The fourth-order valence-corrected chi connectivity index (χ4v) is 4.40. The number of rotatable bonds is 4. The Labute approximate surface area is 206 Å². The Bertz CT molecular complexity index is 1320. The molecule has 0 amide bonds. The standard InChI is InChI=1S/C22H18Cl2N8.ClH/c23-15-4-5-17(18(24)8-15)19-12-32-21(27-13-28-32)22(30-19)31-7-1-2-16(11-31)29-20-6-3-14(9-25)10-26-20;/h3-6,8,10,12-13,16H,1-2,7,11H2,(H,26,29);1H. The van der Waals surface area contributed by atoms with Crippen molar-refractivity contribution in [3.05, 3.63) is 64.7 Å². The molecular weight excluding hydrogens is 483 g/mol. The van der Waals surface area contributed by atoms with Gasteiger partial charge in [0.05, 0.1) is 22.5 Å². The van der Waals surface area contributed by atoms with Gasteiger partial charge in [-0.3, -0.25) is 0 Å². The van der Waals surface area contributed by atoms with Gasteiger partial charge in [0.2, 0.25) is 0 Å². The molecule has 4 aromatic rings. The lowest BCUT2D eigenvalue weighted by molar-refractivity contribution is 0.526. The number of anilines is 2. The monoisotopic (exact) mass is 500 g/mol. The number of halogens is 3. The van der Waals surface area contributed by atoms with Crippen LogP contribution < -0.4 is 10.2 Å². The van der Waals surface area contributed by atoms with Crippen molar-refractivity contribution in [1.29, 1.82) is 5.26 Å². The second-order valence-corrected chi connectivity index (χ2v) is 8.42. The third-order valence-electron chi connectivity index (χ3n) is 5.42. The summed E-state index contributed by atoms with van der Waals surface area (Å²) in [6.45, 7) is 1.58. The van der Waals surface area contributed by atoms with Gasteiger partial charge in [0.15, 0.2) is 11.5 Å². The van der Waals surface area contributed by atoms with Gasteiger partial charge in [0, 0.05) is 35.9 Å². The Morgan fingerprint density at radius 3 is 2.79 bits per heavy atom. The molecule has 0 saturated carbocycles. The normalized spacial score (nSPS) is 15.7. The van der Waals surface area contributed by atoms with Crippen molar-refractivity contribution in [2.45, 2.75) is 18.9 Å². The van der Waals surface area contributed by atoms with E-state index in [9.17, 15) is 0 Å². The second-order valence-electron chi connectivity index (χ2n) is 7.58. The molecular formula is C22H19Cl3N8. The summed E-state index contributed by atoms with van der Waals surface area (Å²) in [5.74, 6) is 1.50. The maximum atomic E-state index is 8.96. The van der Waals surface area contributed by atoms with E-state index in [2.05, 4.69) is 31.4 Å². The molecule has 1 saturated heterocycles. The lowest BCUT2D eigenvalue weighted by Crippen LogP contribution is -2.43. The van der Waals surface area contributed by atoms with Crippen LogP contribution in [0.1, 0.15) is 18.4 Å². The predicted molar refractivity (Wildman–Crippen MR) is 131 cm³/mol. The molecule has 1 N–H and O–H groups in total. The van der Waals surface area contributed by atoms with Crippen molar-refractivity contribution in [2.75, 3.05) is 23.3 Å². The molecule has 11 heteroatoms. The molecule has 168 valence electrons. The van der Waals surface area contributed by atoms with Crippen molar-refractivity contribution in [1.82, 2.24) is 24.6 Å². The predicted octanol–water partition coefficient (Wildman–Crippen LogP) is 4.87. The van der Waals surface area contributed by atoms with E-state index in [-0.39, 0.29) is 18.4 Å². The summed E-state index contributed by atoms with van der Waals surface area (Å²) in [7, 11) is 0. The van der Waals surface area contributed by atoms with Gasteiger partial charge >= 0.3 is 0 Å². The lowest BCUT2D eigenvalue weighted by Gasteiger charge is -2.34. The topological polar surface area (TPSA) is 95.0 Å². The van der Waals surface area contributed by atoms with E-state index >= 15 is 0 Å². The van der Waals surface area contributed by atoms with Crippen LogP contribution in [0.3, 0.4) is 0 Å². The van der Waals surface area contributed by atoms with Crippen LogP contribution in [-0.4, -0.2) is 43.7 Å². The van der Waals surface area contributed by atoms with Gasteiger partial charge < -0.3 is 10.2 Å². The van der Waals surface area contributed by atoms with Crippen molar-refractivity contribution < 1.29 is 0 Å². The number of hydrogen-bond acceptors (Lipinski definition) is 7. The Morgan fingerprint density at radius 1 is 1.15 bits per heavy atom. The molecule has 33 heavy (non-hydrogen) atoms. The molecule has 4 heterocycles. The van der Waals surface area contributed by atoms with E-state index in [1.165, 1.54) is 6.33 Å². The minimum absolute atomic E-state index is 0. The highest BCUT2D eigenvalue weighted by Crippen LogP contribution is 2.32. The number of nitrogens with zero attached hydrogens (tertiary/aromatic N) is 7. The average Bonchev–Trinajstić information content (AvgIpc) is 3.28. The third kappa shape index (κ3) is 4.81. The van der Waals surface area contributed by atoms with E-state index in [0.29, 0.717) is 26.9 Å². The number of nitrogens with one attached hydrogen (secondary N) is 1. The molecule has 8 nitrogen and oxygen atoms in total. The molecule has 1 aromatic carbocycles. The highest BCUT2D eigenvalue weighted by molar-refractivity contribution is 6.36. The summed E-state index contributed by atoms with van der Waals surface area (Å²) in [4.78, 5) is 15.9. The number of nitriles is 1. The Hall–Kier alpha value is -3.12. The Balaban J connectivity index is 0.00000259. The zero-order valence-electron chi connectivity index (χ0n) is 17.3. The number of fused-ring (bicyclic) bond motifs is 1. The number of aromatic nitrogens is 5. The second kappa shape index (κ2) is 9.79. The highest BCUT2D eigenvalue weighted by atomic mass is 35.5. The SMILES string of the molecule is Cl.N#Cc1ccc(NC2CCCN(c3nc(-c4ccc(Cl)cc4Cl)cn4ncnc34)C2)nc1. The number of pyridine rings is 1. The van der Waals surface area contributed by atoms with E-state index in [4.69, 9.17) is 33.4 Å². The molecule has 1 unspecified atom stereocenters. The molecule has 0 radical (unpaired) electrons. The fourth-order valence-electron chi connectivity index (χ4n) is 3.89. The molecule has 3 aromatic heterocycles. The van der Waals surface area contributed by atoms with Gasteiger partial charge in [-0.15, -0.1) is 12.4 Å². The Morgan fingerprint density at radius 2 is 2.03 bits per heavy atom. The average molecular weight is 502 g/mol. The first-order chi connectivity index (χ1) is 15.6. The van der Waals surface area contributed by atoms with Crippen LogP contribution >= 0.6 is 35.6 Å². The first-order valence-electron chi connectivity index (χ1n) is 10.1. The molecule has 1 aliphatic heterocycles. The van der Waals surface area contributed by atoms with Gasteiger partial charge in [-0.1, -0.05) is 23.2 Å². The zero-order chi connectivity index (χ0) is 22.1. The van der Waals surface area contributed by atoms with Crippen LogP contribution in [0.15, 0.2) is 49.1 Å². The molecule has 1 fully saturated rings. The molecule has 0 aliphatic carbocycles. The number of piperidine rings is 1. The highest BCUT2D eigenvalue weighted by Gasteiger charge is 2.24. The number of hydrogen-bond donors (Lipinski definition) is 1. The minimum Gasteiger partial charge on any atom is -0.366 e. The van der Waals surface area contributed by atoms with Crippen molar-refractivity contribution in [3.8, 4) is 17.3 Å². The summed E-state index contributed by atoms with van der Waals surface area (Å²) < 4.78 is 1.72. The van der Waals surface area contributed by atoms with Gasteiger partial charge in [-0.05, 0) is 43.2 Å². The van der Waals surface area contributed by atoms with Gasteiger partial charge in [-0.25, -0.2) is 19.5 Å². The van der Waals surface area contributed by atoms with Crippen LogP contribution in [0.5, 0.6) is 0 Å². The molecule has 0 bridgehead atoms. The molecule has 1 aliphatic rings. The minimum atomic E-state index is 0. The molecule has 0 spiro atoms. The van der Waals surface area contributed by atoms with Crippen LogP contribution in [-0.2, 0) is 0 Å². The fraction of sp³-hybridized carbons (Fsp3) is 0.227. The van der Waals surface area contributed by atoms with E-state index in [1.807, 2.05) is 18.3 Å². The lowest BCUT2D eigenvalue weighted by atomic mass is 10.1. The largest absolute Gasteiger partial charge is 0.366 e. The van der Waals surface area contributed by atoms with Crippen LogP contribution in [0.2, 0.25) is 10.0 Å². The van der Waals surface area contributed by atoms with Gasteiger partial charge in [-0.2, -0.15) is 10.4 Å². The van der Waals surface area contributed by atoms with E-state index < -0.39 is 0 Å². The summed E-state index contributed by atoms with van der Waals surface area (Å²) in [6, 6.07) is 11.2. The quantitative estimate of drug-likeness (QED) is 0.426. The molecule has 5 rings (SSSR count). The molecule has 1 atom stereocenters. The van der Waals surface area contributed by atoms with E-state index in [0.717, 1.165) is 43.1 Å². The van der Waals surface area contributed by atoms with Gasteiger partial charge in [0.25, 0.3) is 0 Å². The summed E-state index contributed by atoms with van der Waals surface area (Å²) >= 11 is 12.5. The number of benzene rings is 1. The van der Waals surface area contributed by atoms with Crippen molar-refractivity contribution >= 4 is 52.9 Å². The van der Waals surface area contributed by atoms with Crippen LogP contribution in [0.25, 0.3) is 16.9 Å². The summed E-state index contributed by atoms with van der Waals surface area (Å²) in [5.41, 5.74) is 2.71. The van der Waals surface area contributed by atoms with Crippen molar-refractivity contribution in [2.24, 2.45) is 0 Å². The third-order valence-corrected chi connectivity index (χ3v) is 5.96. The van der Waals surface area contributed by atoms with Gasteiger partial charge in [0.1, 0.15) is 18.2 Å². The summed E-state index contributed by atoms with van der Waals surface area (Å²) in [5, 5.41) is 17.9. The Kier molecular flexibility index (Phi) is 6.84.